The van der Waals surface area contributed by atoms with Gasteiger partial charge in [0.15, 0.2) is 0 Å². The molecule has 0 aliphatic rings. The van der Waals surface area contributed by atoms with Gasteiger partial charge in [-0.2, -0.15) is 13.2 Å². The van der Waals surface area contributed by atoms with Crippen molar-refractivity contribution in [3.8, 4) is 0 Å². The van der Waals surface area contributed by atoms with Crippen LogP contribution in [-0.2, 0) is 6.18 Å². The third kappa shape index (κ3) is 4.32. The highest BCUT2D eigenvalue weighted by Crippen LogP contribution is 2.46. The SMILES string of the molecule is O=[N+]([O-])c1cc([N+](=O)[O-])c(Nc2c(Br)cc(Br)cc2Br)c(C(F)(F)F)c1. The van der Waals surface area contributed by atoms with Gasteiger partial charge in [-0.3, -0.25) is 20.2 Å². The first-order valence-electron chi connectivity index (χ1n) is 6.37. The van der Waals surface area contributed by atoms with Crippen LogP contribution in [0, 0.1) is 20.2 Å². The second-order valence-electron chi connectivity index (χ2n) is 4.77. The number of benzene rings is 2. The van der Waals surface area contributed by atoms with Gasteiger partial charge in [-0.25, -0.2) is 0 Å². The summed E-state index contributed by atoms with van der Waals surface area (Å²) in [5.41, 5.74) is -4.47. The zero-order valence-corrected chi connectivity index (χ0v) is 16.9. The van der Waals surface area contributed by atoms with Gasteiger partial charge in [0.05, 0.1) is 27.2 Å². The van der Waals surface area contributed by atoms with Crippen LogP contribution in [0.25, 0.3) is 0 Å². The number of non-ortho nitro benzene ring substituents is 1. The van der Waals surface area contributed by atoms with Gasteiger partial charge in [0.25, 0.3) is 11.4 Å². The molecule has 1 N–H and O–H groups in total. The fourth-order valence-corrected chi connectivity index (χ4v) is 4.46. The predicted octanol–water partition coefficient (Wildman–Crippen LogP) is 6.55. The van der Waals surface area contributed by atoms with Crippen molar-refractivity contribution < 1.29 is 23.0 Å². The quantitative estimate of drug-likeness (QED) is 0.336. The van der Waals surface area contributed by atoms with Crippen molar-refractivity contribution >= 4 is 70.5 Å². The molecule has 0 aromatic heterocycles. The molecule has 0 unspecified atom stereocenters. The number of anilines is 2. The Morgan fingerprint density at radius 1 is 0.885 bits per heavy atom. The lowest BCUT2D eigenvalue weighted by molar-refractivity contribution is -0.394. The number of hydrogen-bond donors (Lipinski definition) is 1. The van der Waals surface area contributed by atoms with E-state index in [1.165, 1.54) is 12.1 Å². The van der Waals surface area contributed by atoms with E-state index in [1.54, 1.807) is 0 Å². The fraction of sp³-hybridized carbons (Fsp3) is 0.0769. The average molecular weight is 564 g/mol. The number of alkyl halides is 3. The molecule has 138 valence electrons. The zero-order chi connectivity index (χ0) is 19.8. The van der Waals surface area contributed by atoms with Gasteiger partial charge in [-0.15, -0.1) is 0 Å². The van der Waals surface area contributed by atoms with Gasteiger partial charge in [-0.1, -0.05) is 15.9 Å². The zero-order valence-electron chi connectivity index (χ0n) is 12.1. The number of nitro benzene ring substituents is 2. The van der Waals surface area contributed by atoms with Gasteiger partial charge in [-0.05, 0) is 44.0 Å². The summed E-state index contributed by atoms with van der Waals surface area (Å²) in [4.78, 5) is 19.8. The van der Waals surface area contributed by atoms with Crippen LogP contribution < -0.4 is 5.32 Å². The van der Waals surface area contributed by atoms with Crippen LogP contribution >= 0.6 is 47.8 Å². The smallest absolute Gasteiger partial charge is 0.348 e. The van der Waals surface area contributed by atoms with Gasteiger partial charge in [0.2, 0.25) is 0 Å². The summed E-state index contributed by atoms with van der Waals surface area (Å²) in [5, 5.41) is 24.4. The summed E-state index contributed by atoms with van der Waals surface area (Å²) in [6.45, 7) is 0. The molecule has 7 nitrogen and oxygen atoms in total. The van der Waals surface area contributed by atoms with Crippen molar-refractivity contribution in [3.05, 3.63) is 63.5 Å². The van der Waals surface area contributed by atoms with E-state index in [4.69, 9.17) is 0 Å². The molecule has 2 rings (SSSR count). The predicted molar refractivity (Wildman–Crippen MR) is 97.6 cm³/mol. The molecule has 2 aromatic carbocycles. The van der Waals surface area contributed by atoms with Gasteiger partial charge >= 0.3 is 6.18 Å². The van der Waals surface area contributed by atoms with E-state index >= 15 is 0 Å². The molecule has 0 amide bonds. The van der Waals surface area contributed by atoms with Crippen molar-refractivity contribution in [2.75, 3.05) is 5.32 Å². The van der Waals surface area contributed by atoms with Gasteiger partial charge in [0.1, 0.15) is 5.69 Å². The third-order valence-corrected chi connectivity index (χ3v) is 4.78. The lowest BCUT2D eigenvalue weighted by Gasteiger charge is -2.17. The molecule has 0 aliphatic heterocycles. The summed E-state index contributed by atoms with van der Waals surface area (Å²) >= 11 is 9.49. The maximum Gasteiger partial charge on any atom is 0.418 e. The molecule has 0 saturated heterocycles. The number of nitrogens with one attached hydrogen (secondary N) is 1. The Morgan fingerprint density at radius 3 is 1.85 bits per heavy atom. The van der Waals surface area contributed by atoms with E-state index in [0.29, 0.717) is 19.5 Å². The van der Waals surface area contributed by atoms with E-state index in [9.17, 15) is 33.4 Å². The number of hydrogen-bond acceptors (Lipinski definition) is 5. The summed E-state index contributed by atoms with van der Waals surface area (Å²) in [7, 11) is 0. The second-order valence-corrected chi connectivity index (χ2v) is 7.39. The van der Waals surface area contributed by atoms with E-state index < -0.39 is 38.6 Å². The first-order valence-corrected chi connectivity index (χ1v) is 8.75. The molecule has 0 spiro atoms. The first-order chi connectivity index (χ1) is 11.9. The number of nitro groups is 2. The molecular weight excluding hydrogens is 559 g/mol. The summed E-state index contributed by atoms with van der Waals surface area (Å²) in [6.07, 6.45) is -5.06. The van der Waals surface area contributed by atoms with Crippen LogP contribution in [0.3, 0.4) is 0 Å². The molecule has 0 bridgehead atoms. The minimum absolute atomic E-state index is 0.0793. The van der Waals surface area contributed by atoms with Crippen molar-refractivity contribution in [1.82, 2.24) is 0 Å². The summed E-state index contributed by atoms with van der Waals surface area (Å²) in [5.74, 6) is 0. The fourth-order valence-electron chi connectivity index (χ4n) is 2.00. The van der Waals surface area contributed by atoms with Gasteiger partial charge in [0, 0.05) is 19.5 Å². The van der Waals surface area contributed by atoms with Gasteiger partial charge < -0.3 is 5.32 Å². The topological polar surface area (TPSA) is 98.3 Å². The second kappa shape index (κ2) is 7.48. The Balaban J connectivity index is 2.78. The van der Waals surface area contributed by atoms with E-state index in [1.807, 2.05) is 0 Å². The summed E-state index contributed by atoms with van der Waals surface area (Å²) in [6, 6.07) is 3.74. The molecule has 0 radical (unpaired) electrons. The maximum absolute atomic E-state index is 13.4. The number of nitrogens with zero attached hydrogens (tertiary/aromatic N) is 2. The van der Waals surface area contributed by atoms with Crippen LogP contribution in [0.1, 0.15) is 5.56 Å². The number of halogens is 6. The monoisotopic (exact) mass is 561 g/mol. The molecule has 26 heavy (non-hydrogen) atoms. The normalized spacial score (nSPS) is 11.3. The van der Waals surface area contributed by atoms with Crippen molar-refractivity contribution in [1.29, 1.82) is 0 Å². The third-order valence-electron chi connectivity index (χ3n) is 3.07. The first kappa shape index (κ1) is 20.6. The Morgan fingerprint density at radius 2 is 1.42 bits per heavy atom. The van der Waals surface area contributed by atoms with Crippen molar-refractivity contribution in [3.63, 3.8) is 0 Å². The molecule has 0 fully saturated rings. The Bertz CT molecular complexity index is 898. The molecule has 0 saturated carbocycles. The molecule has 2 aromatic rings. The lowest BCUT2D eigenvalue weighted by Crippen LogP contribution is -2.12. The van der Waals surface area contributed by atoms with E-state index in [0.717, 1.165) is 0 Å². The van der Waals surface area contributed by atoms with Crippen LogP contribution in [-0.4, -0.2) is 9.85 Å². The van der Waals surface area contributed by atoms with Crippen LogP contribution in [0.5, 0.6) is 0 Å². The average Bonchev–Trinajstić information content (AvgIpc) is 2.48. The largest absolute Gasteiger partial charge is 0.418 e. The molecular formula is C13H5Br3F3N3O4. The Kier molecular flexibility index (Phi) is 5.92. The van der Waals surface area contributed by atoms with Crippen molar-refractivity contribution in [2.24, 2.45) is 0 Å². The lowest BCUT2D eigenvalue weighted by atomic mass is 10.1. The van der Waals surface area contributed by atoms with Crippen LogP contribution in [0.4, 0.5) is 35.9 Å². The van der Waals surface area contributed by atoms with Crippen LogP contribution in [0.15, 0.2) is 37.7 Å². The molecule has 0 heterocycles. The number of rotatable bonds is 4. The maximum atomic E-state index is 13.4. The highest BCUT2D eigenvalue weighted by Gasteiger charge is 2.40. The highest BCUT2D eigenvalue weighted by atomic mass is 79.9. The van der Waals surface area contributed by atoms with E-state index in [-0.39, 0.29) is 11.8 Å². The standard InChI is InChI=1S/C13H5Br3F3N3O4/c14-5-1-8(15)12(9(16)2-5)20-11-7(13(17,18)19)3-6(21(23)24)4-10(11)22(25)26/h1-4,20H. The minimum atomic E-state index is -5.06. The molecule has 0 atom stereocenters. The molecule has 13 heteroatoms. The Labute approximate surface area is 168 Å². The summed E-state index contributed by atoms with van der Waals surface area (Å²) < 4.78 is 41.4. The molecule has 0 aliphatic carbocycles. The van der Waals surface area contributed by atoms with Crippen molar-refractivity contribution in [2.45, 2.75) is 6.18 Å². The van der Waals surface area contributed by atoms with Crippen LogP contribution in [0.2, 0.25) is 0 Å². The highest BCUT2D eigenvalue weighted by molar-refractivity contribution is 9.11. The van der Waals surface area contributed by atoms with E-state index in [2.05, 4.69) is 53.1 Å². The Hall–Kier alpha value is -1.73. The minimum Gasteiger partial charge on any atom is -0.348 e.